The number of aromatic nitrogens is 3. The van der Waals surface area contributed by atoms with Crippen molar-refractivity contribution in [2.45, 2.75) is 50.1 Å². The monoisotopic (exact) mass is 511 g/mol. The lowest BCUT2D eigenvalue weighted by Crippen LogP contribution is -2.38. The maximum absolute atomic E-state index is 13.1. The van der Waals surface area contributed by atoms with Gasteiger partial charge in [-0.05, 0) is 87.2 Å². The second-order valence-electron chi connectivity index (χ2n) is 10.0. The van der Waals surface area contributed by atoms with E-state index in [4.69, 9.17) is 4.74 Å². The number of methoxy groups -OCH3 is 1. The smallest absolute Gasteiger partial charge is 0.283 e. The van der Waals surface area contributed by atoms with Crippen molar-refractivity contribution in [2.24, 2.45) is 0 Å². The Morgan fingerprint density at radius 1 is 1.19 bits per heavy atom. The van der Waals surface area contributed by atoms with Crippen LogP contribution in [0.4, 0.5) is 0 Å². The van der Waals surface area contributed by atoms with Crippen LogP contribution in [0.2, 0.25) is 0 Å². The van der Waals surface area contributed by atoms with E-state index in [-0.39, 0.29) is 11.4 Å². The summed E-state index contributed by atoms with van der Waals surface area (Å²) in [5.41, 5.74) is 4.47. The SMILES string of the molecule is COc1cc(-c2ccc3c(c2CC(=O)NS(=O)(=O)c2ccn(C(C)(C)CN(C)C)n2)CCC3)ccn1. The minimum absolute atomic E-state index is 0.0603. The molecule has 0 unspecified atom stereocenters. The molecule has 0 atom stereocenters. The number of nitrogens with zero attached hydrogens (tertiary/aromatic N) is 4. The molecule has 3 aromatic rings. The van der Waals surface area contributed by atoms with E-state index in [1.165, 1.54) is 11.6 Å². The van der Waals surface area contributed by atoms with Crippen LogP contribution < -0.4 is 9.46 Å². The predicted octanol–water partition coefficient (Wildman–Crippen LogP) is 2.79. The van der Waals surface area contributed by atoms with E-state index in [0.717, 1.165) is 41.5 Å². The topological polar surface area (TPSA) is 106 Å². The fraction of sp³-hybridized carbons (Fsp3) is 0.423. The van der Waals surface area contributed by atoms with Gasteiger partial charge < -0.3 is 9.64 Å². The second-order valence-corrected chi connectivity index (χ2v) is 11.7. The number of hydrogen-bond donors (Lipinski definition) is 1. The number of benzene rings is 1. The molecule has 0 saturated carbocycles. The number of nitrogens with one attached hydrogen (secondary N) is 1. The molecule has 1 N–H and O–H groups in total. The molecule has 1 aliphatic carbocycles. The molecular formula is C26H33N5O4S. The number of rotatable bonds is 9. The lowest BCUT2D eigenvalue weighted by Gasteiger charge is -2.28. The highest BCUT2D eigenvalue weighted by Gasteiger charge is 2.28. The Kier molecular flexibility index (Phi) is 7.19. The fourth-order valence-corrected chi connectivity index (χ4v) is 5.85. The van der Waals surface area contributed by atoms with Crippen LogP contribution >= 0.6 is 0 Å². The summed E-state index contributed by atoms with van der Waals surface area (Å²) in [7, 11) is 1.32. The second kappa shape index (κ2) is 10.0. The molecule has 1 aliphatic rings. The zero-order chi connectivity index (χ0) is 26.1. The van der Waals surface area contributed by atoms with Gasteiger partial charge in [-0.2, -0.15) is 13.5 Å². The number of carbonyl (C=O) groups excluding carboxylic acids is 1. The Morgan fingerprint density at radius 3 is 2.69 bits per heavy atom. The molecule has 192 valence electrons. The van der Waals surface area contributed by atoms with E-state index in [1.807, 2.05) is 51.0 Å². The van der Waals surface area contributed by atoms with Gasteiger partial charge in [-0.1, -0.05) is 12.1 Å². The Labute approximate surface area is 212 Å². The molecule has 0 saturated heterocycles. The number of pyridine rings is 1. The van der Waals surface area contributed by atoms with Crippen LogP contribution in [0.5, 0.6) is 5.88 Å². The summed E-state index contributed by atoms with van der Waals surface area (Å²) in [6.45, 7) is 4.61. The van der Waals surface area contributed by atoms with Crippen LogP contribution in [0.3, 0.4) is 0 Å². The third-order valence-corrected chi connectivity index (χ3v) is 7.67. The molecule has 2 aromatic heterocycles. The van der Waals surface area contributed by atoms with Crippen LogP contribution in [0.1, 0.15) is 37.0 Å². The molecule has 2 heterocycles. The first-order chi connectivity index (χ1) is 17.0. The molecule has 1 amide bonds. The van der Waals surface area contributed by atoms with Crippen LogP contribution in [-0.4, -0.2) is 61.7 Å². The Bertz CT molecular complexity index is 1380. The highest BCUT2D eigenvalue weighted by Crippen LogP contribution is 2.34. The lowest BCUT2D eigenvalue weighted by molar-refractivity contribution is -0.118. The summed E-state index contributed by atoms with van der Waals surface area (Å²) in [5.74, 6) is -0.126. The van der Waals surface area contributed by atoms with Crippen molar-refractivity contribution in [3.8, 4) is 17.0 Å². The van der Waals surface area contributed by atoms with Gasteiger partial charge in [-0.15, -0.1) is 0 Å². The van der Waals surface area contributed by atoms with E-state index in [2.05, 4.69) is 20.9 Å². The predicted molar refractivity (Wildman–Crippen MR) is 137 cm³/mol. The minimum atomic E-state index is -4.12. The highest BCUT2D eigenvalue weighted by atomic mass is 32.2. The molecule has 36 heavy (non-hydrogen) atoms. The quantitative estimate of drug-likeness (QED) is 0.471. The largest absolute Gasteiger partial charge is 0.481 e. The number of amides is 1. The summed E-state index contributed by atoms with van der Waals surface area (Å²) < 4.78 is 35.2. The van der Waals surface area contributed by atoms with Crippen LogP contribution in [0.25, 0.3) is 11.1 Å². The number of fused-ring (bicyclic) bond motifs is 1. The molecule has 4 rings (SSSR count). The maximum Gasteiger partial charge on any atom is 0.283 e. The lowest BCUT2D eigenvalue weighted by atomic mass is 9.91. The first-order valence-corrected chi connectivity index (χ1v) is 13.4. The number of ether oxygens (including phenoxy) is 1. The van der Waals surface area contributed by atoms with Gasteiger partial charge in [0.05, 0.1) is 19.1 Å². The van der Waals surface area contributed by atoms with Crippen LogP contribution in [0, 0.1) is 0 Å². The molecule has 0 fully saturated rings. The third kappa shape index (κ3) is 5.44. The van der Waals surface area contributed by atoms with Gasteiger partial charge in [0.2, 0.25) is 11.8 Å². The van der Waals surface area contributed by atoms with Gasteiger partial charge >= 0.3 is 0 Å². The molecule has 0 spiro atoms. The van der Waals surface area contributed by atoms with E-state index in [1.54, 1.807) is 24.2 Å². The molecular weight excluding hydrogens is 478 g/mol. The van der Waals surface area contributed by atoms with Crippen LogP contribution in [0.15, 0.2) is 47.8 Å². The number of carbonyl (C=O) groups is 1. The molecule has 10 heteroatoms. The van der Waals surface area contributed by atoms with E-state index in [0.29, 0.717) is 12.4 Å². The van der Waals surface area contributed by atoms with Crippen molar-refractivity contribution >= 4 is 15.9 Å². The molecule has 9 nitrogen and oxygen atoms in total. The summed E-state index contributed by atoms with van der Waals surface area (Å²) in [6.07, 6.45) is 6.03. The van der Waals surface area contributed by atoms with Crippen molar-refractivity contribution in [2.75, 3.05) is 27.7 Å². The van der Waals surface area contributed by atoms with Gasteiger partial charge in [0.1, 0.15) is 0 Å². The maximum atomic E-state index is 13.1. The van der Waals surface area contributed by atoms with Crippen molar-refractivity contribution in [1.29, 1.82) is 0 Å². The van der Waals surface area contributed by atoms with Gasteiger partial charge in [0.25, 0.3) is 10.0 Å². The van der Waals surface area contributed by atoms with Crippen molar-refractivity contribution in [3.05, 3.63) is 59.4 Å². The highest BCUT2D eigenvalue weighted by molar-refractivity contribution is 7.90. The standard InChI is InChI=1S/C26H33N5O4S/c1-26(2,17-30(3)4)31-14-12-25(28-31)36(33,34)29-23(32)16-22-20-8-6-7-18(20)9-10-21(22)19-11-13-27-24(15-19)35-5/h9-15H,6-8,16-17H2,1-5H3,(H,29,32). The average Bonchev–Trinajstić information content (AvgIpc) is 3.49. The summed E-state index contributed by atoms with van der Waals surface area (Å²) in [6, 6.07) is 9.17. The van der Waals surface area contributed by atoms with E-state index >= 15 is 0 Å². The summed E-state index contributed by atoms with van der Waals surface area (Å²) in [5, 5.41) is 4.09. The molecule has 0 bridgehead atoms. The van der Waals surface area contributed by atoms with Crippen molar-refractivity contribution < 1.29 is 17.9 Å². The first-order valence-electron chi connectivity index (χ1n) is 11.9. The van der Waals surface area contributed by atoms with Crippen LogP contribution in [-0.2, 0) is 39.6 Å². The summed E-state index contributed by atoms with van der Waals surface area (Å²) >= 11 is 0. The fourth-order valence-electron chi connectivity index (χ4n) is 4.94. The van der Waals surface area contributed by atoms with E-state index < -0.39 is 21.5 Å². The number of likely N-dealkylation sites (N-methyl/N-ethyl adjacent to an activating group) is 1. The number of hydrogen-bond acceptors (Lipinski definition) is 7. The van der Waals surface area contributed by atoms with Gasteiger partial charge in [0, 0.05) is 25.0 Å². The summed E-state index contributed by atoms with van der Waals surface area (Å²) in [4.78, 5) is 19.3. The number of aryl methyl sites for hydroxylation is 1. The average molecular weight is 512 g/mol. The Balaban J connectivity index is 1.60. The normalized spacial score (nSPS) is 13.6. The third-order valence-electron chi connectivity index (χ3n) is 6.40. The Hall–Kier alpha value is -3.24. The first kappa shape index (κ1) is 25.8. The minimum Gasteiger partial charge on any atom is -0.481 e. The van der Waals surface area contributed by atoms with Gasteiger partial charge in [0.15, 0.2) is 5.03 Å². The molecule has 1 aromatic carbocycles. The molecule has 0 aliphatic heterocycles. The van der Waals surface area contributed by atoms with E-state index in [9.17, 15) is 13.2 Å². The zero-order valence-electron chi connectivity index (χ0n) is 21.4. The van der Waals surface area contributed by atoms with Gasteiger partial charge in [-0.3, -0.25) is 9.48 Å². The zero-order valence-corrected chi connectivity index (χ0v) is 22.2. The molecule has 0 radical (unpaired) electrons. The van der Waals surface area contributed by atoms with Gasteiger partial charge in [-0.25, -0.2) is 9.71 Å². The van der Waals surface area contributed by atoms with Crippen molar-refractivity contribution in [3.63, 3.8) is 0 Å². The Morgan fingerprint density at radius 2 is 1.97 bits per heavy atom. The van der Waals surface area contributed by atoms with Crippen molar-refractivity contribution in [1.82, 2.24) is 24.4 Å². The number of sulfonamides is 1.